The highest BCUT2D eigenvalue weighted by atomic mass is 35.5. The van der Waals surface area contributed by atoms with Crippen LogP contribution >= 0.6 is 23.4 Å². The van der Waals surface area contributed by atoms with Crippen LogP contribution in [0.5, 0.6) is 0 Å². The van der Waals surface area contributed by atoms with E-state index in [1.54, 1.807) is 30.3 Å². The predicted octanol–water partition coefficient (Wildman–Crippen LogP) is 2.74. The Morgan fingerprint density at radius 1 is 1.12 bits per heavy atom. The van der Waals surface area contributed by atoms with E-state index in [4.69, 9.17) is 11.6 Å². The molecule has 0 spiro atoms. The lowest BCUT2D eigenvalue weighted by atomic mass is 9.93. The Kier molecular flexibility index (Phi) is 8.42. The van der Waals surface area contributed by atoms with Gasteiger partial charge in [-0.1, -0.05) is 35.0 Å². The monoisotopic (exact) mass is 614 g/mol. The van der Waals surface area contributed by atoms with Crippen molar-refractivity contribution in [1.82, 2.24) is 40.0 Å². The summed E-state index contributed by atoms with van der Waals surface area (Å²) in [7, 11) is 0. The Balaban J connectivity index is 1.21. The molecule has 1 aliphatic rings. The number of nitrogens with one attached hydrogen (secondary N) is 1. The van der Waals surface area contributed by atoms with Crippen LogP contribution in [0.3, 0.4) is 0 Å². The molecule has 0 radical (unpaired) electrons. The molecule has 0 saturated carbocycles. The van der Waals surface area contributed by atoms with Crippen LogP contribution in [0.15, 0.2) is 66.2 Å². The molecular weight excluding hydrogens is 594 g/mol. The first-order valence-electron chi connectivity index (χ1n) is 12.3. The van der Waals surface area contributed by atoms with Gasteiger partial charge in [0.1, 0.15) is 42.1 Å². The van der Waals surface area contributed by atoms with Crippen LogP contribution in [0.25, 0.3) is 6.08 Å². The molecule has 2 aromatic heterocycles. The van der Waals surface area contributed by atoms with Gasteiger partial charge in [0.25, 0.3) is 11.1 Å². The van der Waals surface area contributed by atoms with Crippen molar-refractivity contribution in [2.75, 3.05) is 6.54 Å². The van der Waals surface area contributed by atoms with Gasteiger partial charge in [-0.05, 0) is 41.6 Å². The van der Waals surface area contributed by atoms with Gasteiger partial charge in [-0.15, -0.1) is 5.10 Å². The minimum absolute atomic E-state index is 0.109. The summed E-state index contributed by atoms with van der Waals surface area (Å²) in [5, 5.41) is 25.8. The first kappa shape index (κ1) is 29.0. The van der Waals surface area contributed by atoms with E-state index >= 15 is 0 Å². The summed E-state index contributed by atoms with van der Waals surface area (Å²) in [6, 6.07) is 9.52. The van der Waals surface area contributed by atoms with E-state index in [1.165, 1.54) is 28.2 Å². The van der Waals surface area contributed by atoms with E-state index < -0.39 is 40.8 Å². The highest BCUT2D eigenvalue weighted by Crippen LogP contribution is 2.32. The van der Waals surface area contributed by atoms with E-state index in [0.717, 1.165) is 28.8 Å². The standard InChI is InChI=1S/C26H21ClF2N8O4S/c27-17-3-1-16(2-4-17)7-22-24(39)37(25(40)42-22)11-23(38)31-9-19-10-35(34-33-19)12-26(41,13-36-15-30-14-32-36)20-6-5-18(28)8-21(20)29/h1-8,10,14-15,41H,9,11-13H2,(H,31,38). The lowest BCUT2D eigenvalue weighted by Crippen LogP contribution is -2.39. The number of aliphatic hydroxyl groups is 1. The fourth-order valence-electron chi connectivity index (χ4n) is 4.17. The maximum absolute atomic E-state index is 14.7. The highest BCUT2D eigenvalue weighted by molar-refractivity contribution is 8.18. The molecule has 1 unspecified atom stereocenters. The van der Waals surface area contributed by atoms with E-state index in [0.29, 0.717) is 16.7 Å². The molecule has 16 heteroatoms. The third-order valence-electron chi connectivity index (χ3n) is 6.14. The molecule has 1 aliphatic heterocycles. The van der Waals surface area contributed by atoms with Crippen LogP contribution < -0.4 is 5.32 Å². The zero-order valence-corrected chi connectivity index (χ0v) is 23.1. The normalized spacial score (nSPS) is 15.8. The molecule has 12 nitrogen and oxygen atoms in total. The number of carbonyl (C=O) groups is 3. The zero-order valence-electron chi connectivity index (χ0n) is 21.5. The van der Waals surface area contributed by atoms with Crippen LogP contribution in [0.1, 0.15) is 16.8 Å². The predicted molar refractivity (Wildman–Crippen MR) is 146 cm³/mol. The van der Waals surface area contributed by atoms with Crippen molar-refractivity contribution in [2.24, 2.45) is 0 Å². The molecule has 0 bridgehead atoms. The van der Waals surface area contributed by atoms with Gasteiger partial charge in [-0.3, -0.25) is 19.3 Å². The molecule has 0 aliphatic carbocycles. The fraction of sp³-hybridized carbons (Fsp3) is 0.192. The molecule has 1 saturated heterocycles. The third-order valence-corrected chi connectivity index (χ3v) is 7.30. The molecule has 3 amide bonds. The summed E-state index contributed by atoms with van der Waals surface area (Å²) < 4.78 is 30.7. The second-order valence-corrected chi connectivity index (χ2v) is 10.7. The number of carbonyl (C=O) groups excluding carboxylic acids is 3. The van der Waals surface area contributed by atoms with Crippen LogP contribution in [-0.2, 0) is 34.8 Å². The number of amides is 3. The topological polar surface area (TPSA) is 148 Å². The first-order valence-corrected chi connectivity index (χ1v) is 13.5. The number of aromatic nitrogens is 6. The Hall–Kier alpha value is -4.47. The van der Waals surface area contributed by atoms with Gasteiger partial charge in [0.2, 0.25) is 5.91 Å². The number of hydrogen-bond donors (Lipinski definition) is 2. The third kappa shape index (κ3) is 6.70. The Morgan fingerprint density at radius 3 is 2.60 bits per heavy atom. The number of benzene rings is 2. The summed E-state index contributed by atoms with van der Waals surface area (Å²) in [4.78, 5) is 42.5. The average molecular weight is 615 g/mol. The number of thioether (sulfide) groups is 1. The second-order valence-electron chi connectivity index (χ2n) is 9.25. The van der Waals surface area contributed by atoms with Gasteiger partial charge < -0.3 is 10.4 Å². The van der Waals surface area contributed by atoms with Crippen molar-refractivity contribution in [1.29, 1.82) is 0 Å². The summed E-state index contributed by atoms with van der Waals surface area (Å²) in [6.07, 6.45) is 5.54. The Morgan fingerprint density at radius 2 is 1.88 bits per heavy atom. The Bertz CT molecular complexity index is 1660. The molecular formula is C26H21ClF2N8O4S. The van der Waals surface area contributed by atoms with Crippen LogP contribution in [0.2, 0.25) is 5.02 Å². The first-order chi connectivity index (χ1) is 20.1. The number of halogens is 3. The van der Waals surface area contributed by atoms with E-state index in [2.05, 4.69) is 25.7 Å². The van der Waals surface area contributed by atoms with Gasteiger partial charge in [0.05, 0.1) is 30.7 Å². The van der Waals surface area contributed by atoms with Crippen molar-refractivity contribution in [3.05, 3.63) is 99.7 Å². The second kappa shape index (κ2) is 12.2. The molecule has 3 heterocycles. The van der Waals surface area contributed by atoms with Gasteiger partial charge in [-0.25, -0.2) is 23.1 Å². The number of imide groups is 1. The minimum atomic E-state index is -1.93. The number of rotatable bonds is 10. The fourth-order valence-corrected chi connectivity index (χ4v) is 5.13. The maximum Gasteiger partial charge on any atom is 0.294 e. The number of nitrogens with zero attached hydrogens (tertiary/aromatic N) is 7. The summed E-state index contributed by atoms with van der Waals surface area (Å²) in [5.41, 5.74) is -1.16. The average Bonchev–Trinajstić information content (AvgIpc) is 3.67. The van der Waals surface area contributed by atoms with Crippen molar-refractivity contribution in [2.45, 2.75) is 25.2 Å². The van der Waals surface area contributed by atoms with Gasteiger partial charge in [-0.2, -0.15) is 5.10 Å². The van der Waals surface area contributed by atoms with Crippen molar-refractivity contribution in [3.63, 3.8) is 0 Å². The van der Waals surface area contributed by atoms with E-state index in [9.17, 15) is 28.3 Å². The molecule has 2 aromatic carbocycles. The summed E-state index contributed by atoms with van der Waals surface area (Å²) >= 11 is 6.60. The SMILES string of the molecule is O=C(CN1C(=O)SC(=Cc2ccc(Cl)cc2)C1=O)NCc1cn(CC(O)(Cn2cncn2)c2ccc(F)cc2F)nn1. The summed E-state index contributed by atoms with van der Waals surface area (Å²) in [6.45, 7) is -1.14. The Labute approximate surface area is 246 Å². The molecule has 1 fully saturated rings. The van der Waals surface area contributed by atoms with Crippen molar-refractivity contribution >= 4 is 46.5 Å². The zero-order chi connectivity index (χ0) is 29.9. The molecule has 216 valence electrons. The van der Waals surface area contributed by atoms with E-state index in [1.807, 2.05) is 0 Å². The lowest BCUT2D eigenvalue weighted by Gasteiger charge is -2.28. The minimum Gasteiger partial charge on any atom is -0.381 e. The van der Waals surface area contributed by atoms with Crippen LogP contribution in [-0.4, -0.2) is 63.4 Å². The number of hydrogen-bond acceptors (Lipinski definition) is 9. The van der Waals surface area contributed by atoms with Crippen LogP contribution in [0, 0.1) is 11.6 Å². The quantitative estimate of drug-likeness (QED) is 0.257. The van der Waals surface area contributed by atoms with E-state index in [-0.39, 0.29) is 35.8 Å². The lowest BCUT2D eigenvalue weighted by molar-refractivity contribution is -0.129. The van der Waals surface area contributed by atoms with Gasteiger partial charge >= 0.3 is 0 Å². The summed E-state index contributed by atoms with van der Waals surface area (Å²) in [5.74, 6) is -2.97. The van der Waals surface area contributed by atoms with Gasteiger partial charge in [0.15, 0.2) is 0 Å². The molecule has 2 N–H and O–H groups in total. The largest absolute Gasteiger partial charge is 0.381 e. The molecule has 4 aromatic rings. The molecule has 5 rings (SSSR count). The molecule has 42 heavy (non-hydrogen) atoms. The maximum atomic E-state index is 14.7. The van der Waals surface area contributed by atoms with Crippen LogP contribution in [0.4, 0.5) is 13.6 Å². The molecule has 1 atom stereocenters. The highest BCUT2D eigenvalue weighted by Gasteiger charge is 2.37. The van der Waals surface area contributed by atoms with Crippen molar-refractivity contribution in [3.8, 4) is 0 Å². The smallest absolute Gasteiger partial charge is 0.294 e. The van der Waals surface area contributed by atoms with Crippen molar-refractivity contribution < 1.29 is 28.3 Å². The van der Waals surface area contributed by atoms with Gasteiger partial charge in [0, 0.05) is 16.7 Å².